The van der Waals surface area contributed by atoms with E-state index in [1.54, 1.807) is 7.05 Å². The van der Waals surface area contributed by atoms with Crippen molar-refractivity contribution in [2.45, 2.75) is 6.92 Å². The van der Waals surface area contributed by atoms with Crippen molar-refractivity contribution in [3.05, 3.63) is 30.0 Å². The molecule has 1 aromatic heterocycles. The van der Waals surface area contributed by atoms with Gasteiger partial charge in [0, 0.05) is 37.9 Å². The molecule has 1 heterocycles. The molecule has 2 aromatic rings. The van der Waals surface area contributed by atoms with E-state index < -0.39 is 0 Å². The molecule has 83 valence electrons. The van der Waals surface area contributed by atoms with Gasteiger partial charge in [0.2, 0.25) is 0 Å². The van der Waals surface area contributed by atoms with Gasteiger partial charge in [-0.25, -0.2) is 0 Å². The van der Waals surface area contributed by atoms with Crippen LogP contribution in [0.15, 0.2) is 24.3 Å². The van der Waals surface area contributed by atoms with Crippen molar-refractivity contribution in [3.63, 3.8) is 0 Å². The van der Waals surface area contributed by atoms with Crippen LogP contribution in [0, 0.1) is 6.92 Å². The number of benzene rings is 1. The SMILES string of the molecule is C[N]c1ccc2nc(C)cc(N(C)C)c2c1. The Labute approximate surface area is 96.1 Å². The Morgan fingerprint density at radius 1 is 1.19 bits per heavy atom. The first-order chi connectivity index (χ1) is 7.61. The van der Waals surface area contributed by atoms with Gasteiger partial charge in [0.05, 0.1) is 11.2 Å². The summed E-state index contributed by atoms with van der Waals surface area (Å²) in [4.78, 5) is 6.63. The van der Waals surface area contributed by atoms with Gasteiger partial charge in [-0.05, 0) is 31.2 Å². The predicted molar refractivity (Wildman–Crippen MR) is 68.5 cm³/mol. The predicted octanol–water partition coefficient (Wildman–Crippen LogP) is 2.47. The molecule has 1 aromatic carbocycles. The van der Waals surface area contributed by atoms with E-state index in [0.29, 0.717) is 0 Å². The number of aryl methyl sites for hydroxylation is 1. The van der Waals surface area contributed by atoms with Crippen LogP contribution in [-0.4, -0.2) is 26.1 Å². The largest absolute Gasteiger partial charge is 0.377 e. The summed E-state index contributed by atoms with van der Waals surface area (Å²) in [6.45, 7) is 2.02. The Morgan fingerprint density at radius 2 is 1.94 bits per heavy atom. The fourth-order valence-electron chi connectivity index (χ4n) is 1.83. The van der Waals surface area contributed by atoms with Gasteiger partial charge in [-0.2, -0.15) is 0 Å². The molecule has 3 nitrogen and oxygen atoms in total. The van der Waals surface area contributed by atoms with Crippen LogP contribution in [0.2, 0.25) is 0 Å². The maximum Gasteiger partial charge on any atom is 0.0727 e. The summed E-state index contributed by atoms with van der Waals surface area (Å²) in [6.07, 6.45) is 0. The van der Waals surface area contributed by atoms with E-state index in [9.17, 15) is 0 Å². The lowest BCUT2D eigenvalue weighted by Gasteiger charge is -2.16. The standard InChI is InChI=1S/C13H16N3/c1-9-7-13(16(3)4)11-8-10(14-2)5-6-12(11)15-9/h5-8H,1-4H3. The highest BCUT2D eigenvalue weighted by atomic mass is 15.1. The van der Waals surface area contributed by atoms with Gasteiger partial charge in [-0.15, -0.1) is 0 Å². The molecule has 0 aliphatic rings. The van der Waals surface area contributed by atoms with E-state index in [0.717, 1.165) is 22.3 Å². The molecule has 0 N–H and O–H groups in total. The highest BCUT2D eigenvalue weighted by molar-refractivity contribution is 5.93. The van der Waals surface area contributed by atoms with E-state index in [1.165, 1.54) is 5.69 Å². The molecule has 0 spiro atoms. The number of aromatic nitrogens is 1. The summed E-state index contributed by atoms with van der Waals surface area (Å²) in [5.41, 5.74) is 4.24. The van der Waals surface area contributed by atoms with Crippen LogP contribution in [0.1, 0.15) is 5.69 Å². The topological polar surface area (TPSA) is 30.2 Å². The Kier molecular flexibility index (Phi) is 2.69. The third-order valence-electron chi connectivity index (χ3n) is 2.64. The lowest BCUT2D eigenvalue weighted by Crippen LogP contribution is -2.10. The molecule has 0 fully saturated rings. The quantitative estimate of drug-likeness (QED) is 0.768. The molecule has 3 heteroatoms. The molecular weight excluding hydrogens is 198 g/mol. The second kappa shape index (κ2) is 4.00. The van der Waals surface area contributed by atoms with Crippen LogP contribution in [0.4, 0.5) is 11.4 Å². The maximum absolute atomic E-state index is 4.53. The summed E-state index contributed by atoms with van der Waals surface area (Å²) in [6, 6.07) is 8.20. The Balaban J connectivity index is 2.75. The number of fused-ring (bicyclic) bond motifs is 1. The number of hydrogen-bond donors (Lipinski definition) is 0. The molecule has 0 bridgehead atoms. The molecule has 0 saturated heterocycles. The molecule has 0 aliphatic heterocycles. The Morgan fingerprint density at radius 3 is 2.56 bits per heavy atom. The number of hydrogen-bond acceptors (Lipinski definition) is 2. The maximum atomic E-state index is 4.53. The van der Waals surface area contributed by atoms with E-state index in [1.807, 2.05) is 33.2 Å². The molecule has 2 rings (SSSR count). The minimum absolute atomic E-state index is 0.987. The summed E-state index contributed by atoms with van der Waals surface area (Å²) in [5, 5.41) is 5.35. The van der Waals surface area contributed by atoms with Crippen LogP contribution in [0.25, 0.3) is 10.9 Å². The summed E-state index contributed by atoms with van der Waals surface area (Å²) < 4.78 is 0. The first-order valence-electron chi connectivity index (χ1n) is 5.30. The first-order valence-corrected chi connectivity index (χ1v) is 5.30. The van der Waals surface area contributed by atoms with Crippen molar-refractivity contribution in [1.29, 1.82) is 0 Å². The number of pyridine rings is 1. The van der Waals surface area contributed by atoms with Crippen molar-refractivity contribution >= 4 is 22.3 Å². The van der Waals surface area contributed by atoms with Crippen molar-refractivity contribution in [1.82, 2.24) is 10.3 Å². The fraction of sp³-hybridized carbons (Fsp3) is 0.308. The minimum atomic E-state index is 0.987. The zero-order chi connectivity index (χ0) is 11.7. The average molecular weight is 214 g/mol. The zero-order valence-electron chi connectivity index (χ0n) is 10.2. The van der Waals surface area contributed by atoms with Crippen LogP contribution >= 0.6 is 0 Å². The van der Waals surface area contributed by atoms with E-state index in [4.69, 9.17) is 0 Å². The smallest absolute Gasteiger partial charge is 0.0727 e. The number of anilines is 1. The second-order valence-electron chi connectivity index (χ2n) is 4.10. The van der Waals surface area contributed by atoms with Gasteiger partial charge in [0.1, 0.15) is 0 Å². The van der Waals surface area contributed by atoms with E-state index in [2.05, 4.69) is 27.3 Å². The lowest BCUT2D eigenvalue weighted by molar-refractivity contribution is 1.09. The van der Waals surface area contributed by atoms with Crippen LogP contribution in [0.5, 0.6) is 0 Å². The monoisotopic (exact) mass is 214 g/mol. The third kappa shape index (κ3) is 1.81. The van der Waals surface area contributed by atoms with Gasteiger partial charge in [-0.3, -0.25) is 10.3 Å². The molecule has 0 unspecified atom stereocenters. The summed E-state index contributed by atoms with van der Waals surface area (Å²) in [5.74, 6) is 0. The zero-order valence-corrected chi connectivity index (χ0v) is 10.2. The van der Waals surface area contributed by atoms with Crippen molar-refractivity contribution in [2.24, 2.45) is 0 Å². The van der Waals surface area contributed by atoms with Crippen molar-refractivity contribution in [2.75, 3.05) is 26.0 Å². The van der Waals surface area contributed by atoms with Crippen LogP contribution in [0.3, 0.4) is 0 Å². The molecule has 0 amide bonds. The molecular formula is C13H16N3. The highest BCUT2D eigenvalue weighted by Crippen LogP contribution is 2.27. The number of rotatable bonds is 2. The van der Waals surface area contributed by atoms with Gasteiger partial charge in [-0.1, -0.05) is 0 Å². The molecule has 0 atom stereocenters. The number of nitrogens with zero attached hydrogens (tertiary/aromatic N) is 3. The lowest BCUT2D eigenvalue weighted by atomic mass is 10.1. The van der Waals surface area contributed by atoms with Gasteiger partial charge >= 0.3 is 0 Å². The van der Waals surface area contributed by atoms with Gasteiger partial charge in [0.15, 0.2) is 0 Å². The van der Waals surface area contributed by atoms with E-state index >= 15 is 0 Å². The molecule has 0 aliphatic carbocycles. The average Bonchev–Trinajstić information content (AvgIpc) is 2.27. The molecule has 16 heavy (non-hydrogen) atoms. The minimum Gasteiger partial charge on any atom is -0.377 e. The first kappa shape index (κ1) is 10.7. The van der Waals surface area contributed by atoms with Gasteiger partial charge < -0.3 is 4.90 Å². The Hall–Kier alpha value is -1.77. The van der Waals surface area contributed by atoms with Crippen molar-refractivity contribution in [3.8, 4) is 0 Å². The third-order valence-corrected chi connectivity index (χ3v) is 2.64. The second-order valence-corrected chi connectivity index (χ2v) is 4.10. The molecule has 0 saturated carbocycles. The summed E-state index contributed by atoms with van der Waals surface area (Å²) >= 11 is 0. The van der Waals surface area contributed by atoms with Gasteiger partial charge in [0.25, 0.3) is 0 Å². The summed E-state index contributed by atoms with van der Waals surface area (Å²) in [7, 11) is 5.89. The normalized spacial score (nSPS) is 10.5. The fourth-order valence-corrected chi connectivity index (χ4v) is 1.83. The molecule has 1 radical (unpaired) electrons. The highest BCUT2D eigenvalue weighted by Gasteiger charge is 2.06. The van der Waals surface area contributed by atoms with Crippen molar-refractivity contribution < 1.29 is 0 Å². The van der Waals surface area contributed by atoms with Crippen LogP contribution < -0.4 is 10.2 Å². The van der Waals surface area contributed by atoms with Crippen LogP contribution in [-0.2, 0) is 0 Å². The Bertz CT molecular complexity index is 518. The van der Waals surface area contributed by atoms with E-state index in [-0.39, 0.29) is 0 Å².